The number of hydrogen-bond acceptors (Lipinski definition) is 3. The third kappa shape index (κ3) is 3.05. The summed E-state index contributed by atoms with van der Waals surface area (Å²) in [4.78, 5) is 19.8. The van der Waals surface area contributed by atoms with E-state index in [4.69, 9.17) is 4.74 Å². The smallest absolute Gasteiger partial charge is 0.226 e. The van der Waals surface area contributed by atoms with E-state index in [1.54, 1.807) is 7.11 Å². The highest BCUT2D eigenvalue weighted by molar-refractivity contribution is 5.83. The van der Waals surface area contributed by atoms with E-state index in [1.165, 1.54) is 5.56 Å². The van der Waals surface area contributed by atoms with Crippen LogP contribution >= 0.6 is 0 Å². The van der Waals surface area contributed by atoms with E-state index in [-0.39, 0.29) is 12.0 Å². The third-order valence-electron chi connectivity index (χ3n) is 6.25. The van der Waals surface area contributed by atoms with Gasteiger partial charge in [0.2, 0.25) is 5.91 Å². The Kier molecular flexibility index (Phi) is 4.30. The highest BCUT2D eigenvalue weighted by Gasteiger charge is 2.47. The monoisotopic (exact) mass is 375 g/mol. The van der Waals surface area contributed by atoms with E-state index in [0.29, 0.717) is 11.8 Å². The molecule has 0 N–H and O–H groups in total. The Morgan fingerprint density at radius 1 is 1.18 bits per heavy atom. The van der Waals surface area contributed by atoms with Gasteiger partial charge in [0.15, 0.2) is 0 Å². The number of rotatable bonds is 5. The summed E-state index contributed by atoms with van der Waals surface area (Å²) in [7, 11) is 1.68. The molecule has 5 nitrogen and oxygen atoms in total. The Labute approximate surface area is 164 Å². The van der Waals surface area contributed by atoms with Crippen molar-refractivity contribution in [3.63, 3.8) is 0 Å². The van der Waals surface area contributed by atoms with Gasteiger partial charge in [0.1, 0.15) is 5.75 Å². The minimum Gasteiger partial charge on any atom is -0.497 e. The van der Waals surface area contributed by atoms with Gasteiger partial charge in [-0.1, -0.05) is 24.3 Å². The summed E-state index contributed by atoms with van der Waals surface area (Å²) >= 11 is 0. The van der Waals surface area contributed by atoms with Crippen molar-refractivity contribution in [3.05, 3.63) is 60.4 Å². The van der Waals surface area contributed by atoms with Crippen LogP contribution in [0.1, 0.15) is 30.7 Å². The molecule has 2 aliphatic rings. The summed E-state index contributed by atoms with van der Waals surface area (Å²) in [5.74, 6) is 1.68. The van der Waals surface area contributed by atoms with Crippen molar-refractivity contribution in [1.82, 2.24) is 14.5 Å². The molecule has 1 saturated carbocycles. The van der Waals surface area contributed by atoms with Crippen molar-refractivity contribution in [1.29, 1.82) is 0 Å². The lowest BCUT2D eigenvalue weighted by molar-refractivity contribution is -0.133. The molecule has 1 aromatic heterocycles. The van der Waals surface area contributed by atoms with Gasteiger partial charge in [-0.3, -0.25) is 4.79 Å². The number of methoxy groups -OCH3 is 1. The number of fused-ring (bicyclic) bond motifs is 1. The Hall–Kier alpha value is -2.82. The molecule has 28 heavy (non-hydrogen) atoms. The average Bonchev–Trinajstić information content (AvgIpc) is 3.23. The number of imidazole rings is 1. The van der Waals surface area contributed by atoms with Crippen LogP contribution in [0.2, 0.25) is 0 Å². The number of carbonyl (C=O) groups is 1. The molecule has 2 fully saturated rings. The van der Waals surface area contributed by atoms with Crippen LogP contribution in [0.15, 0.2) is 54.9 Å². The molecule has 1 saturated heterocycles. The van der Waals surface area contributed by atoms with E-state index >= 15 is 0 Å². The van der Waals surface area contributed by atoms with Crippen LogP contribution in [-0.4, -0.2) is 40.1 Å². The summed E-state index contributed by atoms with van der Waals surface area (Å²) < 4.78 is 7.43. The number of benzene rings is 2. The zero-order chi connectivity index (χ0) is 19.1. The van der Waals surface area contributed by atoms with Gasteiger partial charge in [0.05, 0.1) is 24.5 Å². The standard InChI is InChI=1S/C23H25N3O2/c1-28-18-10-8-16(9-11-18)19-13-20(19)23(27)26-12-4-5-17(26)14-25-15-24-21-6-2-3-7-22(21)25/h2-3,6-11,15,17,19-20H,4-5,12-14H2,1H3/t17-,19-,20+/m0/s1. The first-order valence-electron chi connectivity index (χ1n) is 10.1. The number of carbonyl (C=O) groups excluding carboxylic acids is 1. The zero-order valence-corrected chi connectivity index (χ0v) is 16.1. The van der Waals surface area contributed by atoms with E-state index in [1.807, 2.05) is 36.7 Å². The van der Waals surface area contributed by atoms with Gasteiger partial charge >= 0.3 is 0 Å². The summed E-state index contributed by atoms with van der Waals surface area (Å²) in [6, 6.07) is 16.6. The average molecular weight is 375 g/mol. The van der Waals surface area contributed by atoms with Gasteiger partial charge in [-0.15, -0.1) is 0 Å². The Morgan fingerprint density at radius 2 is 2.00 bits per heavy atom. The number of para-hydroxylation sites is 2. The van der Waals surface area contributed by atoms with Crippen LogP contribution in [0.25, 0.3) is 11.0 Å². The molecule has 5 rings (SSSR count). The van der Waals surface area contributed by atoms with Crippen molar-refractivity contribution in [2.75, 3.05) is 13.7 Å². The first-order valence-corrected chi connectivity index (χ1v) is 10.1. The van der Waals surface area contributed by atoms with E-state index in [0.717, 1.165) is 49.1 Å². The number of hydrogen-bond donors (Lipinski definition) is 0. The molecule has 2 heterocycles. The van der Waals surface area contributed by atoms with Crippen molar-refractivity contribution < 1.29 is 9.53 Å². The van der Waals surface area contributed by atoms with Gasteiger partial charge in [0, 0.05) is 25.0 Å². The molecule has 0 bridgehead atoms. The topological polar surface area (TPSA) is 47.4 Å². The normalized spacial score (nSPS) is 23.9. The summed E-state index contributed by atoms with van der Waals surface area (Å²) in [5.41, 5.74) is 3.40. The fourth-order valence-corrected chi connectivity index (χ4v) is 4.60. The lowest BCUT2D eigenvalue weighted by atomic mass is 10.1. The molecule has 1 aliphatic heterocycles. The lowest BCUT2D eigenvalue weighted by Gasteiger charge is -2.25. The first-order chi connectivity index (χ1) is 13.7. The second-order valence-electron chi connectivity index (χ2n) is 7.94. The second kappa shape index (κ2) is 6.97. The van der Waals surface area contributed by atoms with Crippen LogP contribution in [0.4, 0.5) is 0 Å². The van der Waals surface area contributed by atoms with Crippen molar-refractivity contribution in [3.8, 4) is 5.75 Å². The minimum atomic E-state index is 0.133. The maximum atomic E-state index is 13.2. The molecule has 5 heteroatoms. The van der Waals surface area contributed by atoms with E-state index < -0.39 is 0 Å². The largest absolute Gasteiger partial charge is 0.497 e. The molecule has 3 atom stereocenters. The van der Waals surface area contributed by atoms with Gasteiger partial charge in [-0.25, -0.2) is 4.98 Å². The van der Waals surface area contributed by atoms with Crippen LogP contribution in [0.3, 0.4) is 0 Å². The Morgan fingerprint density at radius 3 is 2.82 bits per heavy atom. The summed E-state index contributed by atoms with van der Waals surface area (Å²) in [6.07, 6.45) is 5.02. The van der Waals surface area contributed by atoms with E-state index in [2.05, 4.69) is 32.7 Å². The highest BCUT2D eigenvalue weighted by Crippen LogP contribution is 2.49. The van der Waals surface area contributed by atoms with Crippen LogP contribution < -0.4 is 4.74 Å². The number of likely N-dealkylation sites (tertiary alicyclic amines) is 1. The minimum absolute atomic E-state index is 0.133. The maximum Gasteiger partial charge on any atom is 0.226 e. The Balaban J connectivity index is 1.28. The van der Waals surface area contributed by atoms with Gasteiger partial charge < -0.3 is 14.2 Å². The van der Waals surface area contributed by atoms with Gasteiger partial charge in [-0.05, 0) is 55.0 Å². The zero-order valence-electron chi connectivity index (χ0n) is 16.1. The molecular weight excluding hydrogens is 350 g/mol. The molecule has 1 amide bonds. The summed E-state index contributed by atoms with van der Waals surface area (Å²) in [5, 5.41) is 0. The van der Waals surface area contributed by atoms with Crippen molar-refractivity contribution >= 4 is 16.9 Å². The number of aromatic nitrogens is 2. The summed E-state index contributed by atoms with van der Waals surface area (Å²) in [6.45, 7) is 1.70. The molecule has 3 aromatic rings. The molecule has 0 unspecified atom stereocenters. The maximum absolute atomic E-state index is 13.2. The Bertz CT molecular complexity index is 995. The van der Waals surface area contributed by atoms with Crippen molar-refractivity contribution in [2.24, 2.45) is 5.92 Å². The molecule has 0 spiro atoms. The van der Waals surface area contributed by atoms with E-state index in [9.17, 15) is 4.79 Å². The fourth-order valence-electron chi connectivity index (χ4n) is 4.60. The molecule has 144 valence electrons. The van der Waals surface area contributed by atoms with Crippen molar-refractivity contribution in [2.45, 2.75) is 37.8 Å². The van der Waals surface area contributed by atoms with Crippen LogP contribution in [0, 0.1) is 5.92 Å². The molecular formula is C23H25N3O2. The number of amides is 1. The molecule has 2 aromatic carbocycles. The lowest BCUT2D eigenvalue weighted by Crippen LogP contribution is -2.39. The molecule has 0 radical (unpaired) electrons. The predicted octanol–water partition coefficient (Wildman–Crippen LogP) is 3.84. The van der Waals surface area contributed by atoms with Crippen LogP contribution in [0.5, 0.6) is 5.75 Å². The van der Waals surface area contributed by atoms with Gasteiger partial charge in [0.25, 0.3) is 0 Å². The molecule has 1 aliphatic carbocycles. The SMILES string of the molecule is COc1ccc([C@@H]2C[C@H]2C(=O)N2CCC[C@H]2Cn2cnc3ccccc32)cc1. The highest BCUT2D eigenvalue weighted by atomic mass is 16.5. The second-order valence-corrected chi connectivity index (χ2v) is 7.94. The first kappa shape index (κ1) is 17.3. The van der Waals surface area contributed by atoms with Crippen LogP contribution in [-0.2, 0) is 11.3 Å². The fraction of sp³-hybridized carbons (Fsp3) is 0.391. The third-order valence-corrected chi connectivity index (χ3v) is 6.25. The number of ether oxygens (including phenoxy) is 1. The quantitative estimate of drug-likeness (QED) is 0.681. The predicted molar refractivity (Wildman–Crippen MR) is 108 cm³/mol. The number of nitrogens with zero attached hydrogens (tertiary/aromatic N) is 3. The van der Waals surface area contributed by atoms with Gasteiger partial charge in [-0.2, -0.15) is 0 Å².